The first-order valence-corrected chi connectivity index (χ1v) is 7.02. The normalized spacial score (nSPS) is 11.4. The summed E-state index contributed by atoms with van der Waals surface area (Å²) in [5.74, 6) is -0.535. The molecule has 0 spiro atoms. The Morgan fingerprint density at radius 2 is 1.81 bits per heavy atom. The van der Waals surface area contributed by atoms with E-state index in [1.54, 1.807) is 24.3 Å². The van der Waals surface area contributed by atoms with Crippen LogP contribution in [0.3, 0.4) is 0 Å². The monoisotopic (exact) mass is 305 g/mol. The fraction of sp³-hybridized carbons (Fsp3) is 0.235. The molecule has 0 bridgehead atoms. The smallest absolute Gasteiger partial charge is 0.147 e. The standard InChI is InChI=1S/C17H17ClFNO/c1-17(2,12-6-8-13(20)9-7-12)15(21)10-11-4-3-5-14(19)16(11)18/h3-9H,10,20H2,1-2H3. The van der Waals surface area contributed by atoms with Crippen molar-refractivity contribution in [2.75, 3.05) is 5.73 Å². The minimum absolute atomic E-state index is 0.0129. The lowest BCUT2D eigenvalue weighted by Crippen LogP contribution is -2.30. The number of hydrogen-bond donors (Lipinski definition) is 1. The summed E-state index contributed by atoms with van der Waals surface area (Å²) in [6.07, 6.45) is 0.0912. The first kappa shape index (κ1) is 15.5. The van der Waals surface area contributed by atoms with Crippen LogP contribution in [0.1, 0.15) is 25.0 Å². The van der Waals surface area contributed by atoms with Crippen molar-refractivity contribution in [3.05, 3.63) is 64.4 Å². The highest BCUT2D eigenvalue weighted by molar-refractivity contribution is 6.31. The maximum Gasteiger partial charge on any atom is 0.147 e. The zero-order valence-electron chi connectivity index (χ0n) is 12.0. The van der Waals surface area contributed by atoms with E-state index in [4.69, 9.17) is 17.3 Å². The van der Waals surface area contributed by atoms with E-state index < -0.39 is 11.2 Å². The number of rotatable bonds is 4. The Labute approximate surface area is 128 Å². The van der Waals surface area contributed by atoms with Gasteiger partial charge < -0.3 is 5.73 Å². The maximum atomic E-state index is 13.4. The summed E-state index contributed by atoms with van der Waals surface area (Å²) < 4.78 is 13.4. The molecule has 2 aromatic carbocycles. The van der Waals surface area contributed by atoms with E-state index in [9.17, 15) is 9.18 Å². The molecule has 0 fully saturated rings. The fourth-order valence-corrected chi connectivity index (χ4v) is 2.33. The van der Waals surface area contributed by atoms with Gasteiger partial charge in [0, 0.05) is 17.5 Å². The van der Waals surface area contributed by atoms with Crippen molar-refractivity contribution in [1.29, 1.82) is 0 Å². The minimum Gasteiger partial charge on any atom is -0.399 e. The van der Waals surface area contributed by atoms with Crippen molar-refractivity contribution in [1.82, 2.24) is 0 Å². The lowest BCUT2D eigenvalue weighted by molar-refractivity contribution is -0.122. The Balaban J connectivity index is 2.26. The van der Waals surface area contributed by atoms with Crippen molar-refractivity contribution < 1.29 is 9.18 Å². The van der Waals surface area contributed by atoms with Crippen LogP contribution in [-0.2, 0) is 16.6 Å². The van der Waals surface area contributed by atoms with Crippen molar-refractivity contribution in [3.63, 3.8) is 0 Å². The van der Waals surface area contributed by atoms with Gasteiger partial charge in [0.1, 0.15) is 11.6 Å². The van der Waals surface area contributed by atoms with Gasteiger partial charge in [0.2, 0.25) is 0 Å². The van der Waals surface area contributed by atoms with E-state index in [0.29, 0.717) is 11.3 Å². The van der Waals surface area contributed by atoms with Gasteiger partial charge in [-0.25, -0.2) is 4.39 Å². The lowest BCUT2D eigenvalue weighted by Gasteiger charge is -2.24. The lowest BCUT2D eigenvalue weighted by atomic mass is 9.78. The second-order valence-corrected chi connectivity index (χ2v) is 5.94. The molecular weight excluding hydrogens is 289 g/mol. The highest BCUT2D eigenvalue weighted by atomic mass is 35.5. The summed E-state index contributed by atoms with van der Waals surface area (Å²) in [4.78, 5) is 12.6. The van der Waals surface area contributed by atoms with Crippen LogP contribution in [-0.4, -0.2) is 5.78 Å². The highest BCUT2D eigenvalue weighted by Gasteiger charge is 2.30. The summed E-state index contributed by atoms with van der Waals surface area (Å²) in [6, 6.07) is 11.7. The molecule has 0 aliphatic rings. The Kier molecular flexibility index (Phi) is 4.33. The molecule has 4 heteroatoms. The Hall–Kier alpha value is -1.87. The molecule has 0 heterocycles. The molecule has 0 atom stereocenters. The number of carbonyl (C=O) groups is 1. The van der Waals surface area contributed by atoms with Crippen LogP contribution < -0.4 is 5.73 Å². The number of benzene rings is 2. The van der Waals surface area contributed by atoms with Crippen LogP contribution in [0.15, 0.2) is 42.5 Å². The summed E-state index contributed by atoms with van der Waals surface area (Å²) in [7, 11) is 0. The van der Waals surface area contributed by atoms with Gasteiger partial charge in [-0.15, -0.1) is 0 Å². The first-order chi connectivity index (χ1) is 9.82. The third kappa shape index (κ3) is 3.24. The Bertz CT molecular complexity index is 665. The fourth-order valence-electron chi connectivity index (χ4n) is 2.14. The average Bonchev–Trinajstić information content (AvgIpc) is 2.44. The summed E-state index contributed by atoms with van der Waals surface area (Å²) in [5, 5.41) is 0.0129. The Morgan fingerprint density at radius 1 is 1.19 bits per heavy atom. The highest BCUT2D eigenvalue weighted by Crippen LogP contribution is 2.28. The number of hydrogen-bond acceptors (Lipinski definition) is 2. The predicted octanol–water partition coefficient (Wildman–Crippen LogP) is 4.15. The number of nitrogens with two attached hydrogens (primary N) is 1. The molecule has 0 unspecified atom stereocenters. The molecule has 0 amide bonds. The average molecular weight is 306 g/mol. The predicted molar refractivity (Wildman–Crippen MR) is 84.0 cm³/mol. The van der Waals surface area contributed by atoms with Gasteiger partial charge in [-0.3, -0.25) is 4.79 Å². The van der Waals surface area contributed by atoms with Crippen LogP contribution in [0, 0.1) is 5.82 Å². The number of anilines is 1. The third-order valence-electron chi connectivity index (χ3n) is 3.71. The van der Waals surface area contributed by atoms with Crippen LogP contribution >= 0.6 is 11.6 Å². The number of Topliss-reactive ketones (excluding diaryl/α,β-unsaturated/α-hetero) is 1. The van der Waals surface area contributed by atoms with E-state index in [2.05, 4.69) is 0 Å². The third-order valence-corrected chi connectivity index (χ3v) is 4.14. The molecule has 0 aliphatic carbocycles. The van der Waals surface area contributed by atoms with E-state index in [0.717, 1.165) is 5.56 Å². The van der Waals surface area contributed by atoms with Gasteiger partial charge in [0.15, 0.2) is 0 Å². The van der Waals surface area contributed by atoms with Gasteiger partial charge in [0.05, 0.1) is 5.02 Å². The van der Waals surface area contributed by atoms with Gasteiger partial charge in [-0.1, -0.05) is 35.9 Å². The second kappa shape index (κ2) is 5.86. The number of ketones is 1. The quantitative estimate of drug-likeness (QED) is 0.862. The summed E-state index contributed by atoms with van der Waals surface area (Å²) in [6.45, 7) is 3.68. The molecule has 110 valence electrons. The number of nitrogen functional groups attached to an aromatic ring is 1. The molecule has 2 nitrogen and oxygen atoms in total. The van der Waals surface area contributed by atoms with Crippen molar-refractivity contribution in [2.24, 2.45) is 0 Å². The number of halogens is 2. The van der Waals surface area contributed by atoms with Crippen LogP contribution in [0.25, 0.3) is 0 Å². The SMILES string of the molecule is CC(C)(C(=O)Cc1cccc(F)c1Cl)c1ccc(N)cc1. The molecule has 2 rings (SSSR count). The minimum atomic E-state index is -0.691. The van der Waals surface area contributed by atoms with Crippen molar-refractivity contribution >= 4 is 23.1 Å². The Morgan fingerprint density at radius 3 is 2.43 bits per heavy atom. The number of carbonyl (C=O) groups excluding carboxylic acids is 1. The molecule has 0 saturated carbocycles. The van der Waals surface area contributed by atoms with E-state index in [1.807, 2.05) is 26.0 Å². The van der Waals surface area contributed by atoms with Gasteiger partial charge in [-0.05, 0) is 43.2 Å². The van der Waals surface area contributed by atoms with Crippen LogP contribution in [0.2, 0.25) is 5.02 Å². The zero-order chi connectivity index (χ0) is 15.6. The molecule has 0 aromatic heterocycles. The molecule has 0 aliphatic heterocycles. The largest absolute Gasteiger partial charge is 0.399 e. The zero-order valence-corrected chi connectivity index (χ0v) is 12.7. The molecule has 2 aromatic rings. The second-order valence-electron chi connectivity index (χ2n) is 5.56. The molecule has 0 radical (unpaired) electrons. The van der Waals surface area contributed by atoms with E-state index in [1.165, 1.54) is 6.07 Å². The van der Waals surface area contributed by atoms with Gasteiger partial charge in [-0.2, -0.15) is 0 Å². The molecule has 21 heavy (non-hydrogen) atoms. The van der Waals surface area contributed by atoms with Crippen LogP contribution in [0.4, 0.5) is 10.1 Å². The van der Waals surface area contributed by atoms with Crippen molar-refractivity contribution in [3.8, 4) is 0 Å². The molecule has 2 N–H and O–H groups in total. The maximum absolute atomic E-state index is 13.4. The molecular formula is C17H17ClFNO. The summed E-state index contributed by atoms with van der Waals surface area (Å²) >= 11 is 5.91. The molecule has 0 saturated heterocycles. The van der Waals surface area contributed by atoms with Crippen LogP contribution in [0.5, 0.6) is 0 Å². The van der Waals surface area contributed by atoms with Crippen molar-refractivity contribution in [2.45, 2.75) is 25.7 Å². The van der Waals surface area contributed by atoms with E-state index >= 15 is 0 Å². The van der Waals surface area contributed by atoms with Gasteiger partial charge in [0.25, 0.3) is 0 Å². The van der Waals surface area contributed by atoms with E-state index in [-0.39, 0.29) is 17.2 Å². The first-order valence-electron chi connectivity index (χ1n) is 6.64. The summed E-state index contributed by atoms with van der Waals surface area (Å²) in [5.41, 5.74) is 6.99. The topological polar surface area (TPSA) is 43.1 Å². The van der Waals surface area contributed by atoms with Gasteiger partial charge >= 0.3 is 0 Å².